The van der Waals surface area contributed by atoms with Crippen molar-refractivity contribution < 1.29 is 19.0 Å². The van der Waals surface area contributed by atoms with Crippen LogP contribution in [0.4, 0.5) is 0 Å². The summed E-state index contributed by atoms with van der Waals surface area (Å²) in [7, 11) is 1.57. The lowest BCUT2D eigenvalue weighted by molar-refractivity contribution is 0.0755. The minimum Gasteiger partial charge on any atom is -0.497 e. The van der Waals surface area contributed by atoms with E-state index in [-0.39, 0.29) is 5.78 Å². The topological polar surface area (TPSA) is 48.1 Å². The lowest BCUT2D eigenvalue weighted by Gasteiger charge is -2.21. The van der Waals surface area contributed by atoms with Crippen LogP contribution < -0.4 is 9.47 Å². The zero-order valence-corrected chi connectivity index (χ0v) is 8.28. The molecule has 0 N–H and O–H groups in total. The molecule has 15 heavy (non-hydrogen) atoms. The molecule has 0 amide bonds. The number of hydrogen-bond acceptors (Lipinski definition) is 4. The first-order valence-electron chi connectivity index (χ1n) is 4.75. The van der Waals surface area contributed by atoms with Gasteiger partial charge in [0.05, 0.1) is 19.3 Å². The molecule has 4 heteroatoms. The second-order valence-corrected chi connectivity index (χ2v) is 3.76. The van der Waals surface area contributed by atoms with E-state index >= 15 is 0 Å². The fourth-order valence-corrected chi connectivity index (χ4v) is 1.75. The Morgan fingerprint density at radius 3 is 2.87 bits per heavy atom. The lowest BCUT2D eigenvalue weighted by Crippen LogP contribution is -2.36. The number of benzene rings is 1. The minimum absolute atomic E-state index is 0.00245. The standard InChI is InChI=1S/C11H10O4/c1-13-7-2-3-9-8(4-7)10(12)11(5-14-9)6-15-11/h2-4H,5-6H2,1H3. The molecule has 0 radical (unpaired) electrons. The number of carbonyl (C=O) groups is 1. The number of ketones is 1. The Kier molecular flexibility index (Phi) is 1.59. The average molecular weight is 206 g/mol. The van der Waals surface area contributed by atoms with E-state index in [1.807, 2.05) is 0 Å². The Balaban J connectivity index is 2.08. The van der Waals surface area contributed by atoms with E-state index in [4.69, 9.17) is 14.2 Å². The molecule has 1 aromatic carbocycles. The van der Waals surface area contributed by atoms with Crippen molar-refractivity contribution in [2.75, 3.05) is 20.3 Å². The molecular weight excluding hydrogens is 196 g/mol. The predicted molar refractivity (Wildman–Crippen MR) is 51.5 cm³/mol. The van der Waals surface area contributed by atoms with Crippen molar-refractivity contribution in [1.82, 2.24) is 0 Å². The number of Topliss-reactive ketones (excluding diaryl/α,β-unsaturated/α-hetero) is 1. The van der Waals surface area contributed by atoms with Crippen LogP contribution in [0, 0.1) is 0 Å². The van der Waals surface area contributed by atoms with Crippen LogP contribution in [0.2, 0.25) is 0 Å². The molecule has 78 valence electrons. The highest BCUT2D eigenvalue weighted by Crippen LogP contribution is 2.40. The molecule has 2 aliphatic rings. The largest absolute Gasteiger partial charge is 0.497 e. The maximum atomic E-state index is 12.0. The van der Waals surface area contributed by atoms with E-state index in [2.05, 4.69) is 0 Å². The van der Waals surface area contributed by atoms with Crippen LogP contribution in [0.3, 0.4) is 0 Å². The first-order chi connectivity index (χ1) is 7.25. The monoisotopic (exact) mass is 206 g/mol. The van der Waals surface area contributed by atoms with Gasteiger partial charge in [0, 0.05) is 0 Å². The van der Waals surface area contributed by atoms with Crippen LogP contribution in [0.25, 0.3) is 0 Å². The summed E-state index contributed by atoms with van der Waals surface area (Å²) in [5, 5.41) is 0. The van der Waals surface area contributed by atoms with Crippen molar-refractivity contribution in [2.24, 2.45) is 0 Å². The van der Waals surface area contributed by atoms with E-state index in [0.29, 0.717) is 30.3 Å². The van der Waals surface area contributed by atoms with Crippen LogP contribution in [0.15, 0.2) is 18.2 Å². The molecule has 3 rings (SSSR count). The quantitative estimate of drug-likeness (QED) is 0.644. The molecule has 1 spiro atoms. The van der Waals surface area contributed by atoms with Crippen molar-refractivity contribution in [1.29, 1.82) is 0 Å². The number of carbonyl (C=O) groups excluding carboxylic acids is 1. The van der Waals surface area contributed by atoms with E-state index in [9.17, 15) is 4.79 Å². The fourth-order valence-electron chi connectivity index (χ4n) is 1.75. The molecule has 4 nitrogen and oxygen atoms in total. The third-order valence-electron chi connectivity index (χ3n) is 2.80. The highest BCUT2D eigenvalue weighted by molar-refractivity contribution is 6.07. The average Bonchev–Trinajstić information content (AvgIpc) is 3.05. The maximum Gasteiger partial charge on any atom is 0.204 e. The number of fused-ring (bicyclic) bond motifs is 1. The molecule has 0 saturated carbocycles. The number of epoxide rings is 1. The summed E-state index contributed by atoms with van der Waals surface area (Å²) < 4.78 is 15.7. The molecule has 0 aromatic heterocycles. The van der Waals surface area contributed by atoms with Gasteiger partial charge in [0.25, 0.3) is 0 Å². The minimum atomic E-state index is -0.695. The molecule has 0 aliphatic carbocycles. The first kappa shape index (κ1) is 8.73. The van der Waals surface area contributed by atoms with Gasteiger partial charge in [-0.1, -0.05) is 0 Å². The van der Waals surface area contributed by atoms with Crippen LogP contribution >= 0.6 is 0 Å². The zero-order chi connectivity index (χ0) is 10.5. The van der Waals surface area contributed by atoms with Gasteiger partial charge in [0.2, 0.25) is 5.78 Å². The van der Waals surface area contributed by atoms with E-state index in [0.717, 1.165) is 0 Å². The van der Waals surface area contributed by atoms with E-state index < -0.39 is 5.60 Å². The number of hydrogen-bond donors (Lipinski definition) is 0. The molecule has 0 bridgehead atoms. The number of ether oxygens (including phenoxy) is 3. The summed E-state index contributed by atoms with van der Waals surface area (Å²) in [5.41, 5.74) is -0.141. The van der Waals surface area contributed by atoms with Gasteiger partial charge in [-0.3, -0.25) is 4.79 Å². The Morgan fingerprint density at radius 1 is 1.40 bits per heavy atom. The van der Waals surface area contributed by atoms with Gasteiger partial charge in [-0.05, 0) is 18.2 Å². The molecule has 2 aliphatic heterocycles. The summed E-state index contributed by atoms with van der Waals surface area (Å²) in [5.74, 6) is 1.27. The molecular formula is C11H10O4. The number of rotatable bonds is 1. The van der Waals surface area contributed by atoms with E-state index in [1.54, 1.807) is 25.3 Å². The highest BCUT2D eigenvalue weighted by Gasteiger charge is 2.56. The Bertz CT molecular complexity index is 434. The summed E-state index contributed by atoms with van der Waals surface area (Å²) in [6, 6.07) is 5.22. The van der Waals surface area contributed by atoms with Crippen molar-refractivity contribution in [3.8, 4) is 11.5 Å². The van der Waals surface area contributed by atoms with Gasteiger partial charge >= 0.3 is 0 Å². The van der Waals surface area contributed by atoms with Crippen molar-refractivity contribution in [2.45, 2.75) is 5.60 Å². The van der Waals surface area contributed by atoms with Crippen molar-refractivity contribution >= 4 is 5.78 Å². The summed E-state index contributed by atoms with van der Waals surface area (Å²) in [6.45, 7) is 0.785. The van der Waals surface area contributed by atoms with Crippen LogP contribution in [-0.4, -0.2) is 31.7 Å². The second kappa shape index (κ2) is 2.73. The Hall–Kier alpha value is -1.55. The second-order valence-electron chi connectivity index (χ2n) is 3.76. The summed E-state index contributed by atoms with van der Waals surface area (Å²) in [4.78, 5) is 12.0. The normalized spacial score (nSPS) is 27.1. The zero-order valence-electron chi connectivity index (χ0n) is 8.28. The smallest absolute Gasteiger partial charge is 0.204 e. The van der Waals surface area contributed by atoms with E-state index in [1.165, 1.54) is 0 Å². The third kappa shape index (κ3) is 1.15. The van der Waals surface area contributed by atoms with Crippen molar-refractivity contribution in [3.63, 3.8) is 0 Å². The summed E-state index contributed by atoms with van der Waals surface area (Å²) >= 11 is 0. The molecule has 1 atom stereocenters. The van der Waals surface area contributed by atoms with Gasteiger partial charge in [-0.25, -0.2) is 0 Å². The molecule has 1 fully saturated rings. The van der Waals surface area contributed by atoms with Crippen LogP contribution in [-0.2, 0) is 4.74 Å². The Labute approximate surface area is 86.7 Å². The summed E-state index contributed by atoms with van der Waals surface area (Å²) in [6.07, 6.45) is 0. The van der Waals surface area contributed by atoms with Crippen LogP contribution in [0.1, 0.15) is 10.4 Å². The predicted octanol–water partition coefficient (Wildman–Crippen LogP) is 1.04. The van der Waals surface area contributed by atoms with Gasteiger partial charge in [-0.15, -0.1) is 0 Å². The Morgan fingerprint density at radius 2 is 2.20 bits per heavy atom. The van der Waals surface area contributed by atoms with Crippen LogP contribution in [0.5, 0.6) is 11.5 Å². The maximum absolute atomic E-state index is 12.0. The molecule has 1 saturated heterocycles. The molecule has 1 aromatic rings. The van der Waals surface area contributed by atoms with Gasteiger partial charge < -0.3 is 14.2 Å². The third-order valence-corrected chi connectivity index (χ3v) is 2.80. The van der Waals surface area contributed by atoms with Gasteiger partial charge in [-0.2, -0.15) is 0 Å². The fraction of sp³-hybridized carbons (Fsp3) is 0.364. The number of methoxy groups -OCH3 is 1. The first-order valence-corrected chi connectivity index (χ1v) is 4.75. The molecule has 2 heterocycles. The van der Waals surface area contributed by atoms with Gasteiger partial charge in [0.1, 0.15) is 18.1 Å². The molecule has 1 unspecified atom stereocenters. The SMILES string of the molecule is COc1ccc2c(c1)C(=O)C1(CO2)CO1. The van der Waals surface area contributed by atoms with Gasteiger partial charge in [0.15, 0.2) is 5.60 Å². The van der Waals surface area contributed by atoms with Crippen molar-refractivity contribution in [3.05, 3.63) is 23.8 Å². The highest BCUT2D eigenvalue weighted by atomic mass is 16.6. The lowest BCUT2D eigenvalue weighted by atomic mass is 9.95.